The molecule has 0 bridgehead atoms. The second-order valence-corrected chi connectivity index (χ2v) is 5.34. The van der Waals surface area contributed by atoms with E-state index < -0.39 is 5.54 Å². The number of hydrogen-bond donors (Lipinski definition) is 2. The second kappa shape index (κ2) is 5.52. The van der Waals surface area contributed by atoms with E-state index in [0.29, 0.717) is 5.92 Å². The summed E-state index contributed by atoms with van der Waals surface area (Å²) in [5, 5.41) is 10.6. The quantitative estimate of drug-likeness (QED) is 0.828. The maximum absolute atomic E-state index is 12.5. The van der Waals surface area contributed by atoms with Crippen molar-refractivity contribution in [1.29, 1.82) is 0 Å². The SMILES string of the molecule is CC(C)CNC(=O)C1(n2cccn2)CCNCC1. The number of carbonyl (C=O) groups excluding carboxylic acids is 1. The summed E-state index contributed by atoms with van der Waals surface area (Å²) in [6, 6.07) is 1.87. The molecular formula is C13H22N4O. The maximum Gasteiger partial charge on any atom is 0.248 e. The van der Waals surface area contributed by atoms with Crippen LogP contribution in [0.15, 0.2) is 18.5 Å². The first-order valence-corrected chi connectivity index (χ1v) is 6.64. The lowest BCUT2D eigenvalue weighted by Gasteiger charge is -2.36. The number of piperidine rings is 1. The number of aromatic nitrogens is 2. The molecule has 2 N–H and O–H groups in total. The summed E-state index contributed by atoms with van der Waals surface area (Å²) in [4.78, 5) is 12.5. The molecule has 0 aliphatic carbocycles. The Balaban J connectivity index is 2.17. The molecule has 2 rings (SSSR count). The maximum atomic E-state index is 12.5. The van der Waals surface area contributed by atoms with Crippen LogP contribution in [0.3, 0.4) is 0 Å². The van der Waals surface area contributed by atoms with E-state index in [1.165, 1.54) is 0 Å². The molecule has 1 saturated heterocycles. The normalized spacial score (nSPS) is 18.8. The molecule has 0 atom stereocenters. The lowest BCUT2D eigenvalue weighted by atomic mass is 9.87. The summed E-state index contributed by atoms with van der Waals surface area (Å²) in [5.41, 5.74) is -0.510. The number of carbonyl (C=O) groups is 1. The molecule has 0 aromatic carbocycles. The average Bonchev–Trinajstić information content (AvgIpc) is 2.91. The fourth-order valence-corrected chi connectivity index (χ4v) is 2.38. The molecule has 5 heteroatoms. The molecular weight excluding hydrogens is 228 g/mol. The molecule has 1 aliphatic rings. The van der Waals surface area contributed by atoms with Gasteiger partial charge in [0.05, 0.1) is 0 Å². The fraction of sp³-hybridized carbons (Fsp3) is 0.692. The van der Waals surface area contributed by atoms with Gasteiger partial charge in [-0.05, 0) is 37.9 Å². The van der Waals surface area contributed by atoms with Crippen LogP contribution in [0, 0.1) is 5.92 Å². The van der Waals surface area contributed by atoms with Gasteiger partial charge in [-0.3, -0.25) is 9.48 Å². The Hall–Kier alpha value is -1.36. The summed E-state index contributed by atoms with van der Waals surface area (Å²) < 4.78 is 1.82. The zero-order valence-electron chi connectivity index (χ0n) is 11.1. The number of rotatable bonds is 4. The highest BCUT2D eigenvalue weighted by molar-refractivity contribution is 5.84. The van der Waals surface area contributed by atoms with Gasteiger partial charge in [0.15, 0.2) is 0 Å². The Morgan fingerprint density at radius 2 is 2.22 bits per heavy atom. The van der Waals surface area contributed by atoms with E-state index in [0.717, 1.165) is 32.5 Å². The first-order valence-electron chi connectivity index (χ1n) is 6.64. The summed E-state index contributed by atoms with van der Waals surface area (Å²) in [6.07, 6.45) is 5.21. The van der Waals surface area contributed by atoms with Gasteiger partial charge in [-0.15, -0.1) is 0 Å². The van der Waals surface area contributed by atoms with E-state index >= 15 is 0 Å². The average molecular weight is 250 g/mol. The smallest absolute Gasteiger partial charge is 0.248 e. The third kappa shape index (κ3) is 2.56. The molecule has 0 radical (unpaired) electrons. The predicted octanol–water partition coefficient (Wildman–Crippen LogP) is 0.734. The van der Waals surface area contributed by atoms with Gasteiger partial charge in [0.2, 0.25) is 5.91 Å². The zero-order chi connectivity index (χ0) is 13.0. The minimum atomic E-state index is -0.510. The zero-order valence-corrected chi connectivity index (χ0v) is 11.1. The summed E-state index contributed by atoms with van der Waals surface area (Å²) >= 11 is 0. The van der Waals surface area contributed by atoms with Crippen molar-refractivity contribution >= 4 is 5.91 Å². The summed E-state index contributed by atoms with van der Waals surface area (Å²) in [6.45, 7) is 6.63. The fourth-order valence-electron chi connectivity index (χ4n) is 2.38. The second-order valence-electron chi connectivity index (χ2n) is 5.34. The molecule has 1 aliphatic heterocycles. The molecule has 18 heavy (non-hydrogen) atoms. The van der Waals surface area contributed by atoms with Gasteiger partial charge in [0.25, 0.3) is 0 Å². The van der Waals surface area contributed by atoms with Crippen LogP contribution in [0.25, 0.3) is 0 Å². The van der Waals surface area contributed by atoms with Crippen LogP contribution in [0.1, 0.15) is 26.7 Å². The van der Waals surface area contributed by atoms with E-state index in [-0.39, 0.29) is 5.91 Å². The van der Waals surface area contributed by atoms with Crippen LogP contribution in [0.5, 0.6) is 0 Å². The Labute approximate surface area is 108 Å². The third-order valence-corrected chi connectivity index (χ3v) is 3.47. The molecule has 100 valence electrons. The molecule has 0 unspecified atom stereocenters. The number of nitrogens with one attached hydrogen (secondary N) is 2. The molecule has 2 heterocycles. The van der Waals surface area contributed by atoms with Crippen LogP contribution in [0.4, 0.5) is 0 Å². The number of hydrogen-bond acceptors (Lipinski definition) is 3. The summed E-state index contributed by atoms with van der Waals surface area (Å²) in [7, 11) is 0. The molecule has 1 amide bonds. The summed E-state index contributed by atoms with van der Waals surface area (Å²) in [5.74, 6) is 0.562. The molecule has 1 aromatic rings. The molecule has 1 aromatic heterocycles. The highest BCUT2D eigenvalue weighted by Crippen LogP contribution is 2.27. The molecule has 5 nitrogen and oxygen atoms in total. The minimum Gasteiger partial charge on any atom is -0.354 e. The Morgan fingerprint density at radius 3 is 2.78 bits per heavy atom. The van der Waals surface area contributed by atoms with Gasteiger partial charge in [0.1, 0.15) is 5.54 Å². The first-order chi connectivity index (χ1) is 8.65. The van der Waals surface area contributed by atoms with Crippen molar-refractivity contribution in [3.05, 3.63) is 18.5 Å². The topological polar surface area (TPSA) is 59.0 Å². The molecule has 1 fully saturated rings. The van der Waals surface area contributed by atoms with Crippen LogP contribution in [-0.4, -0.2) is 35.3 Å². The van der Waals surface area contributed by atoms with Crippen LogP contribution >= 0.6 is 0 Å². The van der Waals surface area contributed by atoms with E-state index in [4.69, 9.17) is 0 Å². The Bertz CT molecular complexity index is 380. The van der Waals surface area contributed by atoms with Crippen LogP contribution in [-0.2, 0) is 10.3 Å². The van der Waals surface area contributed by atoms with Gasteiger partial charge in [-0.2, -0.15) is 5.10 Å². The van der Waals surface area contributed by atoms with E-state index in [2.05, 4.69) is 29.6 Å². The van der Waals surface area contributed by atoms with E-state index in [1.54, 1.807) is 6.20 Å². The monoisotopic (exact) mass is 250 g/mol. The predicted molar refractivity (Wildman–Crippen MR) is 70.2 cm³/mol. The highest BCUT2D eigenvalue weighted by atomic mass is 16.2. The Kier molecular flexibility index (Phi) is 4.01. The third-order valence-electron chi connectivity index (χ3n) is 3.47. The highest BCUT2D eigenvalue weighted by Gasteiger charge is 2.41. The van der Waals surface area contributed by atoms with Crippen molar-refractivity contribution in [2.75, 3.05) is 19.6 Å². The number of nitrogens with zero attached hydrogens (tertiary/aromatic N) is 2. The standard InChI is InChI=1S/C13H22N4O/c1-11(2)10-15-12(18)13(4-7-14-8-5-13)17-9-3-6-16-17/h3,6,9,11,14H,4-5,7-8,10H2,1-2H3,(H,15,18). The minimum absolute atomic E-state index is 0.0985. The van der Waals surface area contributed by atoms with Gasteiger partial charge < -0.3 is 10.6 Å². The van der Waals surface area contributed by atoms with E-state index in [1.807, 2.05) is 16.9 Å². The van der Waals surface area contributed by atoms with Crippen molar-refractivity contribution in [3.8, 4) is 0 Å². The van der Waals surface area contributed by atoms with Crippen LogP contribution < -0.4 is 10.6 Å². The van der Waals surface area contributed by atoms with Gasteiger partial charge >= 0.3 is 0 Å². The Morgan fingerprint density at radius 1 is 1.50 bits per heavy atom. The lowest BCUT2D eigenvalue weighted by Crippen LogP contribution is -2.55. The van der Waals surface area contributed by atoms with E-state index in [9.17, 15) is 4.79 Å². The molecule has 0 spiro atoms. The van der Waals surface area contributed by atoms with Gasteiger partial charge in [-0.1, -0.05) is 13.8 Å². The number of amides is 1. The largest absolute Gasteiger partial charge is 0.354 e. The van der Waals surface area contributed by atoms with Crippen molar-refractivity contribution in [2.45, 2.75) is 32.2 Å². The van der Waals surface area contributed by atoms with Crippen molar-refractivity contribution in [1.82, 2.24) is 20.4 Å². The molecule has 0 saturated carbocycles. The van der Waals surface area contributed by atoms with Crippen molar-refractivity contribution in [2.24, 2.45) is 5.92 Å². The first kappa shape index (κ1) is 13.1. The van der Waals surface area contributed by atoms with Crippen molar-refractivity contribution in [3.63, 3.8) is 0 Å². The van der Waals surface area contributed by atoms with Gasteiger partial charge in [0, 0.05) is 18.9 Å². The van der Waals surface area contributed by atoms with Crippen molar-refractivity contribution < 1.29 is 4.79 Å². The van der Waals surface area contributed by atoms with Crippen LogP contribution in [0.2, 0.25) is 0 Å². The van der Waals surface area contributed by atoms with Gasteiger partial charge in [-0.25, -0.2) is 0 Å². The lowest BCUT2D eigenvalue weighted by molar-refractivity contribution is -0.132.